The molecule has 20 heavy (non-hydrogen) atoms. The first kappa shape index (κ1) is 16.5. The van der Waals surface area contributed by atoms with Gasteiger partial charge in [-0.05, 0) is 37.3 Å². The molecular formula is C15H24N2O3. The maximum Gasteiger partial charge on any atom is 0.315 e. The summed E-state index contributed by atoms with van der Waals surface area (Å²) >= 11 is 0. The van der Waals surface area contributed by atoms with Crippen LogP contribution in [0, 0.1) is 0 Å². The molecule has 0 aromatic heterocycles. The Balaban J connectivity index is 2.20. The van der Waals surface area contributed by atoms with Crippen molar-refractivity contribution in [3.05, 3.63) is 35.4 Å². The molecule has 1 atom stereocenters. The van der Waals surface area contributed by atoms with Gasteiger partial charge in [-0.25, -0.2) is 4.79 Å². The summed E-state index contributed by atoms with van der Waals surface area (Å²) in [6.07, 6.45) is 2.22. The second-order valence-electron chi connectivity index (χ2n) is 4.89. The number of hydrogen-bond donors (Lipinski definition) is 4. The number of urea groups is 1. The molecule has 1 aromatic carbocycles. The molecule has 4 N–H and O–H groups in total. The average molecular weight is 280 g/mol. The van der Waals surface area contributed by atoms with E-state index in [1.807, 2.05) is 31.2 Å². The first-order valence-electron chi connectivity index (χ1n) is 6.99. The number of amides is 2. The van der Waals surface area contributed by atoms with Crippen LogP contribution in [0.15, 0.2) is 24.3 Å². The predicted octanol–water partition coefficient (Wildman–Crippen LogP) is 1.18. The van der Waals surface area contributed by atoms with Gasteiger partial charge in [-0.15, -0.1) is 0 Å². The van der Waals surface area contributed by atoms with Gasteiger partial charge in [0.15, 0.2) is 0 Å². The molecule has 2 amide bonds. The van der Waals surface area contributed by atoms with Gasteiger partial charge in [0.25, 0.3) is 0 Å². The molecule has 0 aliphatic carbocycles. The molecule has 112 valence electrons. The average Bonchev–Trinajstić information content (AvgIpc) is 2.45. The Morgan fingerprint density at radius 1 is 1.20 bits per heavy atom. The van der Waals surface area contributed by atoms with Gasteiger partial charge in [0.2, 0.25) is 0 Å². The fourth-order valence-corrected chi connectivity index (χ4v) is 1.88. The van der Waals surface area contributed by atoms with Crippen molar-refractivity contribution in [3.8, 4) is 0 Å². The lowest BCUT2D eigenvalue weighted by atomic mass is 10.1. The highest BCUT2D eigenvalue weighted by atomic mass is 16.3. The highest BCUT2D eigenvalue weighted by Crippen LogP contribution is 2.04. The summed E-state index contributed by atoms with van der Waals surface area (Å²) in [5.74, 6) is 0. The summed E-state index contributed by atoms with van der Waals surface area (Å²) in [7, 11) is 0. The van der Waals surface area contributed by atoms with E-state index in [0.717, 1.165) is 24.0 Å². The first-order chi connectivity index (χ1) is 9.65. The second kappa shape index (κ2) is 9.34. The SMILES string of the molecule is CC(CCCO)NC(=O)NCCc1ccc(CO)cc1. The van der Waals surface area contributed by atoms with Crippen LogP contribution in [-0.4, -0.2) is 35.4 Å². The molecule has 0 saturated heterocycles. The van der Waals surface area contributed by atoms with Crippen LogP contribution in [0.2, 0.25) is 0 Å². The maximum atomic E-state index is 11.6. The zero-order chi connectivity index (χ0) is 14.8. The summed E-state index contributed by atoms with van der Waals surface area (Å²) in [6.45, 7) is 2.68. The van der Waals surface area contributed by atoms with Crippen LogP contribution in [0.1, 0.15) is 30.9 Å². The van der Waals surface area contributed by atoms with Crippen LogP contribution in [0.4, 0.5) is 4.79 Å². The number of hydrogen-bond acceptors (Lipinski definition) is 3. The third-order valence-corrected chi connectivity index (χ3v) is 3.08. The van der Waals surface area contributed by atoms with Gasteiger partial charge < -0.3 is 20.8 Å². The van der Waals surface area contributed by atoms with Crippen molar-refractivity contribution in [3.63, 3.8) is 0 Å². The molecule has 0 radical (unpaired) electrons. The van der Waals surface area contributed by atoms with E-state index in [9.17, 15) is 4.79 Å². The number of rotatable bonds is 8. The van der Waals surface area contributed by atoms with E-state index >= 15 is 0 Å². The molecular weight excluding hydrogens is 256 g/mol. The number of aliphatic hydroxyl groups is 2. The molecule has 0 bridgehead atoms. The number of carbonyl (C=O) groups excluding carboxylic acids is 1. The Morgan fingerprint density at radius 2 is 1.85 bits per heavy atom. The minimum Gasteiger partial charge on any atom is -0.396 e. The van der Waals surface area contributed by atoms with Gasteiger partial charge >= 0.3 is 6.03 Å². The van der Waals surface area contributed by atoms with Gasteiger partial charge in [0, 0.05) is 19.2 Å². The number of benzene rings is 1. The summed E-state index contributed by atoms with van der Waals surface area (Å²) in [5, 5.41) is 23.3. The normalized spacial score (nSPS) is 11.9. The molecule has 0 aliphatic rings. The Bertz CT molecular complexity index is 393. The topological polar surface area (TPSA) is 81.6 Å². The standard InChI is InChI=1S/C15H24N2O3/c1-12(3-2-10-18)17-15(20)16-9-8-13-4-6-14(11-19)7-5-13/h4-7,12,18-19H,2-3,8-11H2,1H3,(H2,16,17,20). The smallest absolute Gasteiger partial charge is 0.315 e. The quantitative estimate of drug-likeness (QED) is 0.577. The zero-order valence-corrected chi connectivity index (χ0v) is 11.9. The second-order valence-corrected chi connectivity index (χ2v) is 4.89. The monoisotopic (exact) mass is 280 g/mol. The van der Waals surface area contributed by atoms with Crippen molar-refractivity contribution >= 4 is 6.03 Å². The fourth-order valence-electron chi connectivity index (χ4n) is 1.88. The van der Waals surface area contributed by atoms with E-state index < -0.39 is 0 Å². The summed E-state index contributed by atoms with van der Waals surface area (Å²) in [4.78, 5) is 11.6. The van der Waals surface area contributed by atoms with Crippen LogP contribution < -0.4 is 10.6 Å². The molecule has 1 rings (SSSR count). The lowest BCUT2D eigenvalue weighted by molar-refractivity contribution is 0.234. The van der Waals surface area contributed by atoms with Gasteiger partial charge in [0.05, 0.1) is 6.61 Å². The lowest BCUT2D eigenvalue weighted by Crippen LogP contribution is -2.41. The van der Waals surface area contributed by atoms with Crippen molar-refractivity contribution in [2.24, 2.45) is 0 Å². The van der Waals surface area contributed by atoms with Crippen molar-refractivity contribution in [1.29, 1.82) is 0 Å². The van der Waals surface area contributed by atoms with Crippen LogP contribution in [0.3, 0.4) is 0 Å². The third kappa shape index (κ3) is 6.54. The van der Waals surface area contributed by atoms with Crippen LogP contribution in [0.25, 0.3) is 0 Å². The number of aliphatic hydroxyl groups excluding tert-OH is 2. The summed E-state index contributed by atoms with van der Waals surface area (Å²) < 4.78 is 0. The van der Waals surface area contributed by atoms with Gasteiger partial charge in [0.1, 0.15) is 0 Å². The van der Waals surface area contributed by atoms with E-state index in [1.165, 1.54) is 0 Å². The molecule has 0 fully saturated rings. The molecule has 1 aromatic rings. The Kier molecular flexibility index (Phi) is 7.69. The highest BCUT2D eigenvalue weighted by molar-refractivity contribution is 5.74. The largest absolute Gasteiger partial charge is 0.396 e. The predicted molar refractivity (Wildman–Crippen MR) is 78.4 cm³/mol. The van der Waals surface area contributed by atoms with Crippen molar-refractivity contribution in [2.75, 3.05) is 13.2 Å². The van der Waals surface area contributed by atoms with Crippen molar-refractivity contribution in [1.82, 2.24) is 10.6 Å². The van der Waals surface area contributed by atoms with Gasteiger partial charge in [-0.2, -0.15) is 0 Å². The maximum absolute atomic E-state index is 11.6. The van der Waals surface area contributed by atoms with Crippen molar-refractivity contribution in [2.45, 2.75) is 38.8 Å². The highest BCUT2D eigenvalue weighted by Gasteiger charge is 2.05. The minimum absolute atomic E-state index is 0.0483. The Labute approximate surface area is 120 Å². The van der Waals surface area contributed by atoms with Crippen LogP contribution in [0.5, 0.6) is 0 Å². The van der Waals surface area contributed by atoms with Crippen LogP contribution >= 0.6 is 0 Å². The van der Waals surface area contributed by atoms with E-state index in [-0.39, 0.29) is 25.3 Å². The van der Waals surface area contributed by atoms with Crippen LogP contribution in [-0.2, 0) is 13.0 Å². The van der Waals surface area contributed by atoms with Gasteiger partial charge in [-0.3, -0.25) is 0 Å². The Morgan fingerprint density at radius 3 is 2.45 bits per heavy atom. The molecule has 5 nitrogen and oxygen atoms in total. The third-order valence-electron chi connectivity index (χ3n) is 3.08. The zero-order valence-electron chi connectivity index (χ0n) is 11.9. The Hall–Kier alpha value is -1.59. The molecule has 0 spiro atoms. The molecule has 0 saturated carbocycles. The number of nitrogens with one attached hydrogen (secondary N) is 2. The fraction of sp³-hybridized carbons (Fsp3) is 0.533. The first-order valence-corrected chi connectivity index (χ1v) is 6.99. The number of carbonyl (C=O) groups is 1. The van der Waals surface area contributed by atoms with E-state index in [0.29, 0.717) is 13.0 Å². The van der Waals surface area contributed by atoms with Crippen molar-refractivity contribution < 1.29 is 15.0 Å². The van der Waals surface area contributed by atoms with Gasteiger partial charge in [-0.1, -0.05) is 24.3 Å². The molecule has 5 heteroatoms. The summed E-state index contributed by atoms with van der Waals surface area (Å²) in [6, 6.07) is 7.55. The van der Waals surface area contributed by atoms with E-state index in [1.54, 1.807) is 0 Å². The lowest BCUT2D eigenvalue weighted by Gasteiger charge is -2.14. The summed E-state index contributed by atoms with van der Waals surface area (Å²) in [5.41, 5.74) is 2.01. The molecule has 0 aliphatic heterocycles. The molecule has 0 heterocycles. The van der Waals surface area contributed by atoms with E-state index in [4.69, 9.17) is 10.2 Å². The molecule has 1 unspecified atom stereocenters. The minimum atomic E-state index is -0.178. The van der Waals surface area contributed by atoms with E-state index in [2.05, 4.69) is 10.6 Å².